The second-order valence-corrected chi connectivity index (χ2v) is 8.07. The highest BCUT2D eigenvalue weighted by molar-refractivity contribution is 5.51. The Morgan fingerprint density at radius 3 is 2.35 bits per heavy atom. The lowest BCUT2D eigenvalue weighted by atomic mass is 9.75. The van der Waals surface area contributed by atoms with Crippen LogP contribution >= 0.6 is 0 Å². The molecule has 0 aliphatic carbocycles. The van der Waals surface area contributed by atoms with Crippen molar-refractivity contribution >= 4 is 0 Å². The van der Waals surface area contributed by atoms with E-state index in [0.29, 0.717) is 17.6 Å². The van der Waals surface area contributed by atoms with Crippen LogP contribution in [0.3, 0.4) is 0 Å². The first-order valence-electron chi connectivity index (χ1n) is 7.58. The molecule has 2 nitrogen and oxygen atoms in total. The van der Waals surface area contributed by atoms with Crippen molar-refractivity contribution in [1.82, 2.24) is 0 Å². The van der Waals surface area contributed by atoms with Gasteiger partial charge in [0.25, 0.3) is 0 Å². The Hall–Kier alpha value is -1.18. The molecule has 1 atom stereocenters. The molecule has 1 aromatic carbocycles. The van der Waals surface area contributed by atoms with E-state index in [2.05, 4.69) is 54.5 Å². The van der Waals surface area contributed by atoms with Crippen molar-refractivity contribution in [3.8, 4) is 11.5 Å². The summed E-state index contributed by atoms with van der Waals surface area (Å²) in [5, 5.41) is 10.3. The molecular weight excluding hydrogens is 248 g/mol. The van der Waals surface area contributed by atoms with Gasteiger partial charge in [0.05, 0.1) is 0 Å². The summed E-state index contributed by atoms with van der Waals surface area (Å²) >= 11 is 0. The van der Waals surface area contributed by atoms with E-state index in [0.717, 1.165) is 17.7 Å². The standard InChI is InChI=1S/C18H28O2/c1-11(2)13-10-18(6,7)20-16-9-15(19)14(8-12(13)16)17(3,4)5/h8-9,11,13,19H,10H2,1-7H3. The third-order valence-corrected chi connectivity index (χ3v) is 4.24. The van der Waals surface area contributed by atoms with Crippen molar-refractivity contribution < 1.29 is 9.84 Å². The molecule has 0 saturated carbocycles. The highest BCUT2D eigenvalue weighted by Crippen LogP contribution is 2.48. The molecule has 1 N–H and O–H groups in total. The SMILES string of the molecule is CC(C)C1CC(C)(C)Oc2cc(O)c(C(C)(C)C)cc21. The van der Waals surface area contributed by atoms with E-state index in [-0.39, 0.29) is 11.0 Å². The Morgan fingerprint density at radius 2 is 1.85 bits per heavy atom. The second kappa shape index (κ2) is 4.68. The summed E-state index contributed by atoms with van der Waals surface area (Å²) in [5.74, 6) is 2.24. The largest absolute Gasteiger partial charge is 0.508 e. The fourth-order valence-electron chi connectivity index (χ4n) is 3.14. The van der Waals surface area contributed by atoms with Gasteiger partial charge in [0, 0.05) is 6.07 Å². The van der Waals surface area contributed by atoms with Crippen LogP contribution in [0, 0.1) is 5.92 Å². The highest BCUT2D eigenvalue weighted by atomic mass is 16.5. The quantitative estimate of drug-likeness (QED) is 0.783. The summed E-state index contributed by atoms with van der Waals surface area (Å²) in [6, 6.07) is 3.97. The van der Waals surface area contributed by atoms with E-state index < -0.39 is 0 Å². The monoisotopic (exact) mass is 276 g/mol. The highest BCUT2D eigenvalue weighted by Gasteiger charge is 2.36. The maximum absolute atomic E-state index is 10.3. The molecule has 2 heteroatoms. The van der Waals surface area contributed by atoms with E-state index in [9.17, 15) is 5.11 Å². The molecular formula is C18H28O2. The van der Waals surface area contributed by atoms with Crippen molar-refractivity contribution in [2.45, 2.75) is 71.8 Å². The molecule has 0 spiro atoms. The maximum Gasteiger partial charge on any atom is 0.127 e. The van der Waals surface area contributed by atoms with Gasteiger partial charge in [-0.1, -0.05) is 34.6 Å². The smallest absolute Gasteiger partial charge is 0.127 e. The Labute approximate surface area is 123 Å². The van der Waals surface area contributed by atoms with E-state index in [1.54, 1.807) is 0 Å². The predicted octanol–water partition coefficient (Wildman–Crippen LogP) is 4.99. The lowest BCUT2D eigenvalue weighted by Gasteiger charge is -2.40. The molecule has 0 bridgehead atoms. The zero-order chi connectivity index (χ0) is 15.3. The Kier molecular flexibility index (Phi) is 3.56. The van der Waals surface area contributed by atoms with Crippen molar-refractivity contribution in [2.24, 2.45) is 5.92 Å². The molecule has 1 aliphatic heterocycles. The molecule has 2 rings (SSSR count). The van der Waals surface area contributed by atoms with Crippen LogP contribution in [0.1, 0.15) is 71.9 Å². The van der Waals surface area contributed by atoms with Crippen LogP contribution in [0.2, 0.25) is 0 Å². The minimum absolute atomic E-state index is 0.0619. The van der Waals surface area contributed by atoms with E-state index in [1.807, 2.05) is 6.07 Å². The molecule has 0 aromatic heterocycles. The second-order valence-electron chi connectivity index (χ2n) is 8.07. The van der Waals surface area contributed by atoms with Gasteiger partial charge in [-0.15, -0.1) is 0 Å². The van der Waals surface area contributed by atoms with E-state index in [1.165, 1.54) is 5.56 Å². The minimum Gasteiger partial charge on any atom is -0.508 e. The molecule has 1 aliphatic rings. The van der Waals surface area contributed by atoms with Gasteiger partial charge < -0.3 is 9.84 Å². The summed E-state index contributed by atoms with van der Waals surface area (Å²) in [6.45, 7) is 15.2. The predicted molar refractivity (Wildman–Crippen MR) is 83.7 cm³/mol. The van der Waals surface area contributed by atoms with Crippen LogP contribution in [-0.2, 0) is 5.41 Å². The average molecular weight is 276 g/mol. The van der Waals surface area contributed by atoms with Gasteiger partial charge >= 0.3 is 0 Å². The Balaban J connectivity index is 2.59. The molecule has 0 saturated heterocycles. The van der Waals surface area contributed by atoms with Crippen LogP contribution in [0.5, 0.6) is 11.5 Å². The first kappa shape index (κ1) is 15.2. The first-order chi connectivity index (χ1) is 9.01. The Bertz CT molecular complexity index is 507. The van der Waals surface area contributed by atoms with Crippen molar-refractivity contribution in [3.63, 3.8) is 0 Å². The van der Waals surface area contributed by atoms with Crippen molar-refractivity contribution in [2.75, 3.05) is 0 Å². The van der Waals surface area contributed by atoms with Crippen LogP contribution < -0.4 is 4.74 Å². The molecule has 20 heavy (non-hydrogen) atoms. The number of rotatable bonds is 1. The van der Waals surface area contributed by atoms with E-state index in [4.69, 9.17) is 4.74 Å². The number of fused-ring (bicyclic) bond motifs is 1. The number of phenols is 1. The van der Waals surface area contributed by atoms with Gasteiger partial charge in [-0.2, -0.15) is 0 Å². The zero-order valence-electron chi connectivity index (χ0n) is 13.9. The number of phenolic OH excluding ortho intramolecular Hbond substituents is 1. The lowest BCUT2D eigenvalue weighted by molar-refractivity contribution is 0.0635. The average Bonchev–Trinajstić information content (AvgIpc) is 2.23. The number of hydrogen-bond donors (Lipinski definition) is 1. The summed E-state index contributed by atoms with van der Waals surface area (Å²) in [5.41, 5.74) is 2.03. The fourth-order valence-corrected chi connectivity index (χ4v) is 3.14. The molecule has 1 heterocycles. The number of hydrogen-bond acceptors (Lipinski definition) is 2. The van der Waals surface area contributed by atoms with Crippen LogP contribution in [0.15, 0.2) is 12.1 Å². The fraction of sp³-hybridized carbons (Fsp3) is 0.667. The summed E-state index contributed by atoms with van der Waals surface area (Å²) in [7, 11) is 0. The topological polar surface area (TPSA) is 29.5 Å². The van der Waals surface area contributed by atoms with Gasteiger partial charge in [-0.25, -0.2) is 0 Å². The molecule has 112 valence electrons. The number of benzene rings is 1. The molecule has 0 radical (unpaired) electrons. The normalized spacial score (nSPS) is 21.5. The van der Waals surface area contributed by atoms with Crippen molar-refractivity contribution in [3.05, 3.63) is 23.3 Å². The molecule has 1 unspecified atom stereocenters. The Morgan fingerprint density at radius 1 is 1.25 bits per heavy atom. The summed E-state index contributed by atoms with van der Waals surface area (Å²) in [4.78, 5) is 0. The third kappa shape index (κ3) is 2.79. The van der Waals surface area contributed by atoms with Gasteiger partial charge in [-0.3, -0.25) is 0 Å². The van der Waals surface area contributed by atoms with Crippen LogP contribution in [-0.4, -0.2) is 10.7 Å². The minimum atomic E-state index is -0.169. The summed E-state index contributed by atoms with van der Waals surface area (Å²) < 4.78 is 6.09. The third-order valence-electron chi connectivity index (χ3n) is 4.24. The molecule has 1 aromatic rings. The number of ether oxygens (including phenoxy) is 1. The van der Waals surface area contributed by atoms with Crippen LogP contribution in [0.25, 0.3) is 0 Å². The number of aromatic hydroxyl groups is 1. The molecule has 0 fully saturated rings. The first-order valence-corrected chi connectivity index (χ1v) is 7.58. The van der Waals surface area contributed by atoms with Crippen LogP contribution in [0.4, 0.5) is 0 Å². The van der Waals surface area contributed by atoms with E-state index >= 15 is 0 Å². The van der Waals surface area contributed by atoms with Gasteiger partial charge in [0.2, 0.25) is 0 Å². The zero-order valence-corrected chi connectivity index (χ0v) is 13.9. The van der Waals surface area contributed by atoms with Gasteiger partial charge in [0.15, 0.2) is 0 Å². The van der Waals surface area contributed by atoms with Crippen molar-refractivity contribution in [1.29, 1.82) is 0 Å². The van der Waals surface area contributed by atoms with Gasteiger partial charge in [0.1, 0.15) is 17.1 Å². The molecule has 0 amide bonds. The van der Waals surface area contributed by atoms with Gasteiger partial charge in [-0.05, 0) is 54.7 Å². The summed E-state index contributed by atoms with van der Waals surface area (Å²) in [6.07, 6.45) is 1.02. The maximum atomic E-state index is 10.3. The lowest BCUT2D eigenvalue weighted by Crippen LogP contribution is -2.36.